The molecule has 0 radical (unpaired) electrons. The van der Waals surface area contributed by atoms with Gasteiger partial charge in [-0.2, -0.15) is 0 Å². The van der Waals surface area contributed by atoms with Crippen molar-refractivity contribution in [3.8, 4) is 5.75 Å². The Hall–Kier alpha value is -0.870. The summed E-state index contributed by atoms with van der Waals surface area (Å²) in [5.74, 6) is 0.709. The van der Waals surface area contributed by atoms with Gasteiger partial charge in [-0.15, -0.1) is 24.0 Å². The molecule has 0 fully saturated rings. The lowest BCUT2D eigenvalue weighted by Crippen LogP contribution is -1.91. The van der Waals surface area contributed by atoms with Crippen molar-refractivity contribution in [2.75, 3.05) is 12.8 Å². The molecule has 0 aliphatic heterocycles. The lowest BCUT2D eigenvalue weighted by molar-refractivity contribution is 0.417. The number of thiophene rings is 1. The molecule has 0 bridgehead atoms. The fraction of sp³-hybridized carbons (Fsp3) is 0.111. The van der Waals surface area contributed by atoms with E-state index in [4.69, 9.17) is 10.5 Å². The number of rotatable bonds is 1. The molecular formula is C9H9NOS2. The normalized spacial score (nSPS) is 10.6. The first kappa shape index (κ1) is 8.72. The summed E-state index contributed by atoms with van der Waals surface area (Å²) in [6.45, 7) is 0. The van der Waals surface area contributed by atoms with E-state index in [1.54, 1.807) is 18.4 Å². The van der Waals surface area contributed by atoms with Crippen LogP contribution in [0, 0.1) is 0 Å². The Kier molecular flexibility index (Phi) is 2.09. The zero-order valence-electron chi connectivity index (χ0n) is 7.07. The Labute approximate surface area is 85.7 Å². The summed E-state index contributed by atoms with van der Waals surface area (Å²) < 4.78 is 6.27. The summed E-state index contributed by atoms with van der Waals surface area (Å²) in [6.07, 6.45) is 0. The van der Waals surface area contributed by atoms with E-state index in [0.717, 1.165) is 15.0 Å². The molecular weight excluding hydrogens is 202 g/mol. The second-order valence-corrected chi connectivity index (χ2v) is 4.10. The summed E-state index contributed by atoms with van der Waals surface area (Å²) in [5.41, 5.74) is 6.43. The fourth-order valence-electron chi connectivity index (χ4n) is 1.23. The van der Waals surface area contributed by atoms with Crippen LogP contribution in [0.1, 0.15) is 0 Å². The van der Waals surface area contributed by atoms with Crippen molar-refractivity contribution in [1.82, 2.24) is 0 Å². The minimum atomic E-state index is 0.671. The molecule has 0 saturated heterocycles. The van der Waals surface area contributed by atoms with E-state index in [-0.39, 0.29) is 0 Å². The van der Waals surface area contributed by atoms with Crippen LogP contribution in [0.2, 0.25) is 0 Å². The molecule has 0 aliphatic rings. The minimum Gasteiger partial charge on any atom is -0.495 e. The summed E-state index contributed by atoms with van der Waals surface area (Å²) >= 11 is 5.97. The van der Waals surface area contributed by atoms with Gasteiger partial charge < -0.3 is 10.5 Å². The summed E-state index contributed by atoms with van der Waals surface area (Å²) in [7, 11) is 1.61. The molecule has 0 spiro atoms. The molecule has 0 saturated carbocycles. The van der Waals surface area contributed by atoms with Crippen molar-refractivity contribution in [3.05, 3.63) is 17.5 Å². The van der Waals surface area contributed by atoms with Crippen molar-refractivity contribution >= 4 is 39.7 Å². The van der Waals surface area contributed by atoms with Crippen LogP contribution in [0.25, 0.3) is 10.1 Å². The van der Waals surface area contributed by atoms with Gasteiger partial charge in [-0.05, 0) is 12.1 Å². The highest BCUT2D eigenvalue weighted by Crippen LogP contribution is 2.35. The second-order valence-electron chi connectivity index (χ2n) is 2.71. The Morgan fingerprint density at radius 3 is 2.92 bits per heavy atom. The fourth-order valence-corrected chi connectivity index (χ4v) is 2.51. The van der Waals surface area contributed by atoms with Crippen molar-refractivity contribution in [2.24, 2.45) is 0 Å². The van der Waals surface area contributed by atoms with E-state index in [1.807, 2.05) is 17.5 Å². The summed E-state index contributed by atoms with van der Waals surface area (Å²) in [6, 6.07) is 3.84. The molecule has 2 aromatic rings. The number of nitrogens with two attached hydrogens (primary N) is 1. The molecule has 4 heteroatoms. The molecule has 0 unspecified atom stereocenters. The first-order valence-corrected chi connectivity index (χ1v) is 5.08. The van der Waals surface area contributed by atoms with Gasteiger partial charge in [0.1, 0.15) is 5.75 Å². The van der Waals surface area contributed by atoms with Crippen LogP contribution in [0.5, 0.6) is 5.75 Å². The molecule has 1 aromatic carbocycles. The average molecular weight is 211 g/mol. The summed E-state index contributed by atoms with van der Waals surface area (Å²) in [5, 5.41) is 3.09. The number of benzene rings is 1. The topological polar surface area (TPSA) is 35.2 Å². The van der Waals surface area contributed by atoms with Crippen molar-refractivity contribution in [2.45, 2.75) is 4.90 Å². The Morgan fingerprint density at radius 2 is 2.23 bits per heavy atom. The Balaban J connectivity index is 2.77. The van der Waals surface area contributed by atoms with Crippen molar-refractivity contribution < 1.29 is 4.74 Å². The third-order valence-electron chi connectivity index (χ3n) is 1.91. The van der Waals surface area contributed by atoms with Gasteiger partial charge in [0, 0.05) is 20.4 Å². The molecule has 0 aliphatic carbocycles. The maximum Gasteiger partial charge on any atom is 0.142 e. The third kappa shape index (κ3) is 1.36. The SMILES string of the molecule is COc1cc2c(S)csc2cc1N. The number of nitrogen functional groups attached to an aromatic ring is 1. The van der Waals surface area contributed by atoms with Crippen LogP contribution < -0.4 is 10.5 Å². The summed E-state index contributed by atoms with van der Waals surface area (Å²) in [4.78, 5) is 0.971. The van der Waals surface area contributed by atoms with E-state index >= 15 is 0 Å². The van der Waals surface area contributed by atoms with Gasteiger partial charge in [0.2, 0.25) is 0 Å². The zero-order valence-corrected chi connectivity index (χ0v) is 8.78. The zero-order chi connectivity index (χ0) is 9.42. The van der Waals surface area contributed by atoms with Crippen LogP contribution >= 0.6 is 24.0 Å². The Morgan fingerprint density at radius 1 is 1.46 bits per heavy atom. The largest absolute Gasteiger partial charge is 0.495 e. The van der Waals surface area contributed by atoms with Gasteiger partial charge in [0.15, 0.2) is 0 Å². The van der Waals surface area contributed by atoms with Crippen LogP contribution in [-0.4, -0.2) is 7.11 Å². The number of thiol groups is 1. The highest BCUT2D eigenvalue weighted by Gasteiger charge is 2.05. The number of hydrogen-bond acceptors (Lipinski definition) is 4. The number of anilines is 1. The van der Waals surface area contributed by atoms with Gasteiger partial charge in [0.25, 0.3) is 0 Å². The predicted molar refractivity (Wildman–Crippen MR) is 60.0 cm³/mol. The third-order valence-corrected chi connectivity index (χ3v) is 3.40. The molecule has 68 valence electrons. The minimum absolute atomic E-state index is 0.671. The number of fused-ring (bicyclic) bond motifs is 1. The van der Waals surface area contributed by atoms with E-state index in [9.17, 15) is 0 Å². The number of methoxy groups -OCH3 is 1. The molecule has 0 amide bonds. The predicted octanol–water partition coefficient (Wildman–Crippen LogP) is 2.78. The van der Waals surface area contributed by atoms with Gasteiger partial charge >= 0.3 is 0 Å². The molecule has 2 rings (SSSR count). The van der Waals surface area contributed by atoms with Gasteiger partial charge in [0.05, 0.1) is 12.8 Å². The van der Waals surface area contributed by atoms with E-state index in [1.165, 1.54) is 0 Å². The highest BCUT2D eigenvalue weighted by molar-refractivity contribution is 7.80. The lowest BCUT2D eigenvalue weighted by Gasteiger charge is -2.03. The maximum absolute atomic E-state index is 5.76. The smallest absolute Gasteiger partial charge is 0.142 e. The second kappa shape index (κ2) is 3.12. The molecule has 1 aromatic heterocycles. The quantitative estimate of drug-likeness (QED) is 0.562. The standard InChI is InChI=1S/C9H9NOS2/c1-11-7-2-5-8(12)4-13-9(5)3-6(7)10/h2-4,12H,10H2,1H3. The monoisotopic (exact) mass is 211 g/mol. The molecule has 0 atom stereocenters. The van der Waals surface area contributed by atoms with Crippen LogP contribution in [0.3, 0.4) is 0 Å². The van der Waals surface area contributed by atoms with Gasteiger partial charge in [-0.25, -0.2) is 0 Å². The van der Waals surface area contributed by atoms with Gasteiger partial charge in [-0.3, -0.25) is 0 Å². The van der Waals surface area contributed by atoms with E-state index < -0.39 is 0 Å². The van der Waals surface area contributed by atoms with Crippen LogP contribution in [0.4, 0.5) is 5.69 Å². The van der Waals surface area contributed by atoms with Crippen molar-refractivity contribution in [1.29, 1.82) is 0 Å². The van der Waals surface area contributed by atoms with Crippen LogP contribution in [0.15, 0.2) is 22.4 Å². The first-order valence-electron chi connectivity index (χ1n) is 3.76. The average Bonchev–Trinajstić information content (AvgIpc) is 2.46. The first-order chi connectivity index (χ1) is 6.22. The number of hydrogen-bond donors (Lipinski definition) is 2. The number of ether oxygens (including phenoxy) is 1. The molecule has 2 nitrogen and oxygen atoms in total. The van der Waals surface area contributed by atoms with E-state index in [2.05, 4.69) is 12.6 Å². The van der Waals surface area contributed by atoms with E-state index in [0.29, 0.717) is 11.4 Å². The van der Waals surface area contributed by atoms with Gasteiger partial charge in [-0.1, -0.05) is 0 Å². The lowest BCUT2D eigenvalue weighted by atomic mass is 10.2. The molecule has 2 N–H and O–H groups in total. The Bertz CT molecular complexity index is 450. The molecule has 13 heavy (non-hydrogen) atoms. The molecule has 1 heterocycles. The maximum atomic E-state index is 5.76. The highest BCUT2D eigenvalue weighted by atomic mass is 32.1. The van der Waals surface area contributed by atoms with Crippen LogP contribution in [-0.2, 0) is 0 Å². The van der Waals surface area contributed by atoms with Crippen molar-refractivity contribution in [3.63, 3.8) is 0 Å².